The molecule has 2 aromatic rings. The molecule has 1 aromatic heterocycles. The Balaban J connectivity index is 2.22. The number of carbonyl (C=O) groups excluding carboxylic acids is 2. The van der Waals surface area contributed by atoms with Crippen molar-refractivity contribution in [2.75, 3.05) is 11.9 Å². The summed E-state index contributed by atoms with van der Waals surface area (Å²) in [6.45, 7) is 7.90. The summed E-state index contributed by atoms with van der Waals surface area (Å²) in [5.41, 5.74) is 3.55. The van der Waals surface area contributed by atoms with Crippen LogP contribution in [0.15, 0.2) is 49.3 Å². The van der Waals surface area contributed by atoms with Crippen molar-refractivity contribution in [1.29, 1.82) is 0 Å². The van der Waals surface area contributed by atoms with Gasteiger partial charge in [-0.15, -0.1) is 6.58 Å². The number of amides is 2. The molecule has 1 aromatic carbocycles. The molecule has 5 heteroatoms. The Labute approximate surface area is 141 Å². The van der Waals surface area contributed by atoms with E-state index in [1.165, 1.54) is 18.5 Å². The zero-order valence-electron chi connectivity index (χ0n) is 13.9. The van der Waals surface area contributed by atoms with Gasteiger partial charge in [-0.2, -0.15) is 0 Å². The van der Waals surface area contributed by atoms with Crippen LogP contribution in [0.2, 0.25) is 0 Å². The number of anilines is 1. The van der Waals surface area contributed by atoms with Gasteiger partial charge in [0.2, 0.25) is 0 Å². The molecule has 2 rings (SSSR count). The summed E-state index contributed by atoms with van der Waals surface area (Å²) in [5, 5.41) is 5.59. The van der Waals surface area contributed by atoms with Gasteiger partial charge < -0.3 is 10.6 Å². The highest BCUT2D eigenvalue weighted by Gasteiger charge is 2.13. The molecule has 0 spiro atoms. The summed E-state index contributed by atoms with van der Waals surface area (Å²) >= 11 is 0. The average Bonchev–Trinajstić information content (AvgIpc) is 2.61. The zero-order chi connectivity index (χ0) is 17.5. The van der Waals surface area contributed by atoms with Crippen LogP contribution >= 0.6 is 0 Å². The fourth-order valence-electron chi connectivity index (χ4n) is 2.34. The van der Waals surface area contributed by atoms with Gasteiger partial charge in [0, 0.05) is 24.6 Å². The maximum atomic E-state index is 12.5. The minimum atomic E-state index is -0.290. The fraction of sp³-hybridized carbons (Fsp3) is 0.211. The van der Waals surface area contributed by atoms with Crippen molar-refractivity contribution in [2.24, 2.45) is 0 Å². The lowest BCUT2D eigenvalue weighted by molar-refractivity contribution is 0.0957. The number of hydrogen-bond acceptors (Lipinski definition) is 3. The molecule has 2 N–H and O–H groups in total. The lowest BCUT2D eigenvalue weighted by atomic mass is 10.1. The molecule has 0 atom stereocenters. The first-order chi connectivity index (χ1) is 11.6. The summed E-state index contributed by atoms with van der Waals surface area (Å²) in [6, 6.07) is 7.44. The van der Waals surface area contributed by atoms with E-state index in [-0.39, 0.29) is 11.8 Å². The summed E-state index contributed by atoms with van der Waals surface area (Å²) < 4.78 is 0. The highest BCUT2D eigenvalue weighted by Crippen LogP contribution is 2.21. The van der Waals surface area contributed by atoms with Crippen LogP contribution in [-0.4, -0.2) is 23.3 Å². The Morgan fingerprint density at radius 1 is 1.21 bits per heavy atom. The first-order valence-corrected chi connectivity index (χ1v) is 7.80. The molecule has 0 fully saturated rings. The Hall–Kier alpha value is -2.95. The van der Waals surface area contributed by atoms with E-state index in [2.05, 4.69) is 22.2 Å². The van der Waals surface area contributed by atoms with E-state index in [0.717, 1.165) is 23.2 Å². The van der Waals surface area contributed by atoms with Gasteiger partial charge in [-0.25, -0.2) is 0 Å². The van der Waals surface area contributed by atoms with Gasteiger partial charge >= 0.3 is 0 Å². The molecule has 0 saturated carbocycles. The van der Waals surface area contributed by atoms with Crippen LogP contribution in [0.4, 0.5) is 5.69 Å². The minimum Gasteiger partial charge on any atom is -0.349 e. The van der Waals surface area contributed by atoms with Gasteiger partial charge in [-0.3, -0.25) is 14.6 Å². The molecule has 0 unspecified atom stereocenters. The number of benzene rings is 1. The lowest BCUT2D eigenvalue weighted by Gasteiger charge is -2.13. The Morgan fingerprint density at radius 2 is 1.92 bits per heavy atom. The number of hydrogen-bond donors (Lipinski definition) is 2. The van der Waals surface area contributed by atoms with Crippen LogP contribution < -0.4 is 10.6 Å². The minimum absolute atomic E-state index is 0.287. The first-order valence-electron chi connectivity index (χ1n) is 7.80. The van der Waals surface area contributed by atoms with Gasteiger partial charge in [0.25, 0.3) is 11.8 Å². The molecular weight excluding hydrogens is 302 g/mol. The van der Waals surface area contributed by atoms with E-state index in [9.17, 15) is 9.59 Å². The SMILES string of the molecule is C=CCNC(=O)c1cncc(C(=O)Nc2c(C)cccc2CC)c1. The molecule has 2 amide bonds. The van der Waals surface area contributed by atoms with Crippen molar-refractivity contribution >= 4 is 17.5 Å². The van der Waals surface area contributed by atoms with E-state index in [0.29, 0.717) is 17.7 Å². The van der Waals surface area contributed by atoms with E-state index in [1.807, 2.05) is 32.0 Å². The highest BCUT2D eigenvalue weighted by atomic mass is 16.2. The maximum absolute atomic E-state index is 12.5. The molecule has 0 aliphatic carbocycles. The zero-order valence-corrected chi connectivity index (χ0v) is 13.9. The predicted molar refractivity (Wildman–Crippen MR) is 95.3 cm³/mol. The number of nitrogens with one attached hydrogen (secondary N) is 2. The fourth-order valence-corrected chi connectivity index (χ4v) is 2.34. The third-order valence-electron chi connectivity index (χ3n) is 3.65. The summed E-state index contributed by atoms with van der Waals surface area (Å²) in [4.78, 5) is 28.5. The summed E-state index contributed by atoms with van der Waals surface area (Å²) in [6.07, 6.45) is 5.29. The molecule has 5 nitrogen and oxygen atoms in total. The molecule has 0 aliphatic rings. The van der Waals surface area contributed by atoms with Gasteiger partial charge in [0.05, 0.1) is 11.1 Å². The van der Waals surface area contributed by atoms with Crippen LogP contribution in [0.3, 0.4) is 0 Å². The van der Waals surface area contributed by atoms with Crippen molar-refractivity contribution in [1.82, 2.24) is 10.3 Å². The van der Waals surface area contributed by atoms with Crippen molar-refractivity contribution in [3.05, 3.63) is 71.6 Å². The predicted octanol–water partition coefficient (Wildman–Crippen LogP) is 3.12. The Kier molecular flexibility index (Phi) is 5.84. The molecule has 1 heterocycles. The molecule has 0 saturated heterocycles. The summed E-state index contributed by atoms with van der Waals surface area (Å²) in [5.74, 6) is -0.577. The molecule has 0 bridgehead atoms. The molecule has 24 heavy (non-hydrogen) atoms. The van der Waals surface area contributed by atoms with Crippen molar-refractivity contribution < 1.29 is 9.59 Å². The second kappa shape index (κ2) is 8.06. The van der Waals surface area contributed by atoms with Crippen molar-refractivity contribution in [3.8, 4) is 0 Å². The van der Waals surface area contributed by atoms with Crippen LogP contribution in [0, 0.1) is 6.92 Å². The molecule has 0 aliphatic heterocycles. The average molecular weight is 323 g/mol. The van der Waals surface area contributed by atoms with E-state index in [4.69, 9.17) is 0 Å². The standard InChI is InChI=1S/C19H21N3O2/c1-4-9-21-18(23)15-10-16(12-20-11-15)19(24)22-17-13(3)7-6-8-14(17)5-2/h4,6-8,10-12H,1,5,9H2,2-3H3,(H,21,23)(H,22,24). The van der Waals surface area contributed by atoms with Gasteiger partial charge in [0.1, 0.15) is 0 Å². The number of para-hydroxylation sites is 1. The Bertz CT molecular complexity index is 769. The number of pyridine rings is 1. The third kappa shape index (κ3) is 4.07. The monoisotopic (exact) mass is 323 g/mol. The molecule has 0 radical (unpaired) electrons. The van der Waals surface area contributed by atoms with Gasteiger partial charge in [-0.05, 0) is 30.5 Å². The second-order valence-corrected chi connectivity index (χ2v) is 5.38. The first kappa shape index (κ1) is 17.4. The van der Waals surface area contributed by atoms with Crippen LogP contribution in [0.1, 0.15) is 38.8 Å². The topological polar surface area (TPSA) is 71.1 Å². The highest BCUT2D eigenvalue weighted by molar-refractivity contribution is 6.06. The molecule has 124 valence electrons. The quantitative estimate of drug-likeness (QED) is 0.802. The van der Waals surface area contributed by atoms with Crippen molar-refractivity contribution in [3.63, 3.8) is 0 Å². The lowest BCUT2D eigenvalue weighted by Crippen LogP contribution is -2.24. The smallest absolute Gasteiger partial charge is 0.257 e. The summed E-state index contributed by atoms with van der Waals surface area (Å²) in [7, 11) is 0. The largest absolute Gasteiger partial charge is 0.349 e. The van der Waals surface area contributed by atoms with Gasteiger partial charge in [-0.1, -0.05) is 31.2 Å². The van der Waals surface area contributed by atoms with Crippen molar-refractivity contribution in [2.45, 2.75) is 20.3 Å². The Morgan fingerprint density at radius 3 is 2.58 bits per heavy atom. The van der Waals surface area contributed by atoms with E-state index >= 15 is 0 Å². The maximum Gasteiger partial charge on any atom is 0.257 e. The number of carbonyl (C=O) groups is 2. The van der Waals surface area contributed by atoms with E-state index in [1.54, 1.807) is 6.08 Å². The second-order valence-electron chi connectivity index (χ2n) is 5.38. The van der Waals surface area contributed by atoms with Crippen LogP contribution in [0.5, 0.6) is 0 Å². The van der Waals surface area contributed by atoms with Crippen LogP contribution in [-0.2, 0) is 6.42 Å². The van der Waals surface area contributed by atoms with Crippen LogP contribution in [0.25, 0.3) is 0 Å². The number of aromatic nitrogens is 1. The molecular formula is C19H21N3O2. The number of nitrogens with zero attached hydrogens (tertiary/aromatic N) is 1. The number of aryl methyl sites for hydroxylation is 2. The third-order valence-corrected chi connectivity index (χ3v) is 3.65. The van der Waals surface area contributed by atoms with Gasteiger partial charge in [0.15, 0.2) is 0 Å². The van der Waals surface area contributed by atoms with E-state index < -0.39 is 0 Å². The number of rotatable bonds is 6. The normalized spacial score (nSPS) is 10.1.